The SMILES string of the molecule is Oc1ccc(Cl)cc1/C=C1/CCc2cc3cc(Cl)ccc3[o+]c21. The van der Waals surface area contributed by atoms with Crippen molar-refractivity contribution < 1.29 is 9.52 Å². The van der Waals surface area contributed by atoms with E-state index in [-0.39, 0.29) is 5.75 Å². The van der Waals surface area contributed by atoms with Crippen molar-refractivity contribution in [2.24, 2.45) is 0 Å². The Hall–Kier alpha value is -2.03. The summed E-state index contributed by atoms with van der Waals surface area (Å²) in [5.74, 6) is 1.09. The number of fused-ring (bicyclic) bond motifs is 2. The normalized spacial score (nSPS) is 15.3. The number of phenols is 1. The number of hydrogen-bond donors (Lipinski definition) is 1. The average Bonchev–Trinajstić information content (AvgIpc) is 2.91. The number of hydrogen-bond acceptors (Lipinski definition) is 1. The van der Waals surface area contributed by atoms with Crippen molar-refractivity contribution in [2.75, 3.05) is 0 Å². The second-order valence-electron chi connectivity index (χ2n) is 5.66. The largest absolute Gasteiger partial charge is 0.507 e. The molecule has 1 aliphatic carbocycles. The van der Waals surface area contributed by atoms with Gasteiger partial charge in [-0.1, -0.05) is 23.2 Å². The highest BCUT2D eigenvalue weighted by Gasteiger charge is 2.29. The lowest BCUT2D eigenvalue weighted by Crippen LogP contribution is -1.84. The van der Waals surface area contributed by atoms with Gasteiger partial charge >= 0.3 is 11.3 Å². The summed E-state index contributed by atoms with van der Waals surface area (Å²) in [6.07, 6.45) is 3.72. The van der Waals surface area contributed by atoms with Crippen LogP contribution >= 0.6 is 23.2 Å². The third-order valence-electron chi connectivity index (χ3n) is 4.08. The summed E-state index contributed by atoms with van der Waals surface area (Å²) >= 11 is 12.1. The van der Waals surface area contributed by atoms with Crippen LogP contribution in [0.2, 0.25) is 10.0 Å². The first kappa shape index (κ1) is 14.6. The minimum atomic E-state index is 0.211. The lowest BCUT2D eigenvalue weighted by Gasteiger charge is -2.00. The van der Waals surface area contributed by atoms with E-state index in [0.717, 1.165) is 40.7 Å². The van der Waals surface area contributed by atoms with E-state index in [1.807, 2.05) is 24.3 Å². The Labute approximate surface area is 143 Å². The minimum Gasteiger partial charge on any atom is -0.507 e. The van der Waals surface area contributed by atoms with Crippen LogP contribution in [0.1, 0.15) is 23.3 Å². The van der Waals surface area contributed by atoms with Crippen LogP contribution in [0.25, 0.3) is 22.6 Å². The maximum Gasteiger partial charge on any atom is 0.360 e. The number of aromatic hydroxyl groups is 1. The molecule has 4 rings (SSSR count). The summed E-state index contributed by atoms with van der Waals surface area (Å²) in [6.45, 7) is 0. The lowest BCUT2D eigenvalue weighted by atomic mass is 10.1. The molecule has 0 aliphatic heterocycles. The third-order valence-corrected chi connectivity index (χ3v) is 4.55. The van der Waals surface area contributed by atoms with Gasteiger partial charge in [-0.05, 0) is 55.3 Å². The first-order chi connectivity index (χ1) is 11.1. The smallest absolute Gasteiger partial charge is 0.360 e. The molecule has 0 amide bonds. The van der Waals surface area contributed by atoms with Crippen LogP contribution in [0.4, 0.5) is 0 Å². The third kappa shape index (κ3) is 2.69. The Kier molecular flexibility index (Phi) is 3.51. The Morgan fingerprint density at radius 3 is 2.61 bits per heavy atom. The molecule has 1 heterocycles. The minimum absolute atomic E-state index is 0.211. The van der Waals surface area contributed by atoms with Gasteiger partial charge in [0.25, 0.3) is 0 Å². The Morgan fingerprint density at radius 2 is 1.74 bits per heavy atom. The van der Waals surface area contributed by atoms with E-state index in [9.17, 15) is 5.11 Å². The molecular weight excluding hydrogens is 331 g/mol. The van der Waals surface area contributed by atoms with Crippen LogP contribution in [-0.4, -0.2) is 5.11 Å². The van der Waals surface area contributed by atoms with Crippen LogP contribution < -0.4 is 0 Å². The fourth-order valence-electron chi connectivity index (χ4n) is 2.96. The molecular formula is C19H13Cl2O2+. The summed E-state index contributed by atoms with van der Waals surface area (Å²) in [7, 11) is 0. The van der Waals surface area contributed by atoms with E-state index in [1.54, 1.807) is 18.2 Å². The molecule has 0 fully saturated rings. The first-order valence-corrected chi connectivity index (χ1v) is 8.10. The van der Waals surface area contributed by atoms with Gasteiger partial charge in [-0.2, -0.15) is 0 Å². The van der Waals surface area contributed by atoms with E-state index in [4.69, 9.17) is 27.6 Å². The molecule has 0 saturated heterocycles. The monoisotopic (exact) mass is 343 g/mol. The molecule has 0 saturated carbocycles. The van der Waals surface area contributed by atoms with Gasteiger partial charge in [-0.25, -0.2) is 4.42 Å². The first-order valence-electron chi connectivity index (χ1n) is 7.35. The van der Waals surface area contributed by atoms with Crippen molar-refractivity contribution in [3.63, 3.8) is 0 Å². The van der Waals surface area contributed by atoms with E-state index in [0.29, 0.717) is 15.6 Å². The zero-order valence-corrected chi connectivity index (χ0v) is 13.7. The van der Waals surface area contributed by atoms with Gasteiger partial charge < -0.3 is 5.11 Å². The van der Waals surface area contributed by atoms with E-state index >= 15 is 0 Å². The molecule has 0 unspecified atom stereocenters. The van der Waals surface area contributed by atoms with E-state index in [2.05, 4.69) is 6.07 Å². The summed E-state index contributed by atoms with van der Waals surface area (Å²) in [4.78, 5) is 0. The van der Waals surface area contributed by atoms with Gasteiger partial charge in [0, 0.05) is 21.7 Å². The molecule has 1 aromatic heterocycles. The van der Waals surface area contributed by atoms with Crippen molar-refractivity contribution in [3.8, 4) is 5.75 Å². The van der Waals surface area contributed by atoms with Crippen LogP contribution in [0.15, 0.2) is 46.9 Å². The lowest BCUT2D eigenvalue weighted by molar-refractivity contribution is 0.474. The second kappa shape index (κ2) is 5.55. The van der Waals surface area contributed by atoms with Crippen molar-refractivity contribution in [1.82, 2.24) is 0 Å². The quantitative estimate of drug-likeness (QED) is 0.532. The van der Waals surface area contributed by atoms with Crippen LogP contribution in [-0.2, 0) is 6.42 Å². The number of allylic oxidation sites excluding steroid dienone is 1. The molecule has 2 aromatic carbocycles. The Bertz CT molecular complexity index is 961. The molecule has 0 radical (unpaired) electrons. The summed E-state index contributed by atoms with van der Waals surface area (Å²) in [5.41, 5.74) is 3.73. The van der Waals surface area contributed by atoms with E-state index < -0.39 is 0 Å². The Morgan fingerprint density at radius 1 is 0.957 bits per heavy atom. The zero-order chi connectivity index (χ0) is 16.0. The molecule has 1 aliphatic rings. The Balaban J connectivity index is 1.85. The number of benzene rings is 2. The number of halogens is 2. The van der Waals surface area contributed by atoms with Gasteiger partial charge in [0.1, 0.15) is 5.75 Å². The molecule has 0 bridgehead atoms. The fourth-order valence-corrected chi connectivity index (χ4v) is 3.32. The molecule has 114 valence electrons. The van der Waals surface area contributed by atoms with Gasteiger partial charge in [-0.15, -0.1) is 0 Å². The molecule has 0 atom stereocenters. The van der Waals surface area contributed by atoms with E-state index in [1.165, 1.54) is 0 Å². The maximum atomic E-state index is 10.00. The van der Waals surface area contributed by atoms with Gasteiger partial charge in [0.2, 0.25) is 0 Å². The molecule has 2 nitrogen and oxygen atoms in total. The van der Waals surface area contributed by atoms with Crippen LogP contribution in [0.5, 0.6) is 5.75 Å². The highest BCUT2D eigenvalue weighted by atomic mass is 35.5. The summed E-state index contributed by atoms with van der Waals surface area (Å²) in [6, 6.07) is 12.8. The molecule has 23 heavy (non-hydrogen) atoms. The van der Waals surface area contributed by atoms with Gasteiger partial charge in [-0.3, -0.25) is 0 Å². The standard InChI is InChI=1S/C19H12Cl2O2/c20-15-3-5-17(22)13(9-15)7-11-1-2-12-8-14-10-16(21)4-6-18(14)23-19(11)12/h3-10H,1-2H2/p+1/b11-7-. The van der Waals surface area contributed by atoms with Gasteiger partial charge in [0.05, 0.1) is 16.5 Å². The van der Waals surface area contributed by atoms with Gasteiger partial charge in [0.15, 0.2) is 0 Å². The summed E-state index contributed by atoms with van der Waals surface area (Å²) < 4.78 is 6.07. The van der Waals surface area contributed by atoms with Crippen molar-refractivity contribution >= 4 is 45.8 Å². The zero-order valence-electron chi connectivity index (χ0n) is 12.1. The van der Waals surface area contributed by atoms with Crippen LogP contribution in [0, 0.1) is 0 Å². The molecule has 3 aromatic rings. The van der Waals surface area contributed by atoms with Crippen molar-refractivity contribution in [3.05, 3.63) is 69.4 Å². The van der Waals surface area contributed by atoms with Crippen molar-refractivity contribution in [2.45, 2.75) is 12.8 Å². The summed E-state index contributed by atoms with van der Waals surface area (Å²) in [5, 5.41) is 12.3. The van der Waals surface area contributed by atoms with Crippen LogP contribution in [0.3, 0.4) is 0 Å². The predicted octanol–water partition coefficient (Wildman–Crippen LogP) is 6.21. The predicted molar refractivity (Wildman–Crippen MR) is 94.9 cm³/mol. The number of aryl methyl sites for hydroxylation is 1. The highest BCUT2D eigenvalue weighted by molar-refractivity contribution is 6.31. The highest BCUT2D eigenvalue weighted by Crippen LogP contribution is 2.38. The second-order valence-corrected chi connectivity index (χ2v) is 6.53. The number of rotatable bonds is 1. The van der Waals surface area contributed by atoms with Crippen molar-refractivity contribution in [1.29, 1.82) is 0 Å². The molecule has 1 N–H and O–H groups in total. The topological polar surface area (TPSA) is 31.5 Å². The maximum absolute atomic E-state index is 10.00. The number of phenolic OH excluding ortho intramolecular Hbond substituents is 1. The molecule has 4 heteroatoms. The fraction of sp³-hybridized carbons (Fsp3) is 0.105. The average molecular weight is 344 g/mol. The molecule has 0 spiro atoms.